The molecule has 0 fully saturated rings. The number of aryl methyl sites for hydroxylation is 1. The van der Waals surface area contributed by atoms with Gasteiger partial charge in [0.05, 0.1) is 17.3 Å². The second kappa shape index (κ2) is 7.88. The van der Waals surface area contributed by atoms with Crippen molar-refractivity contribution in [2.45, 2.75) is 19.6 Å². The molecule has 0 bridgehead atoms. The van der Waals surface area contributed by atoms with Crippen LogP contribution >= 0.6 is 22.9 Å². The molecule has 1 aliphatic heterocycles. The van der Waals surface area contributed by atoms with Gasteiger partial charge in [0.25, 0.3) is 5.91 Å². The zero-order valence-corrected chi connectivity index (χ0v) is 17.2. The van der Waals surface area contributed by atoms with Crippen molar-refractivity contribution < 1.29 is 23.8 Å². The molecule has 150 valence electrons. The predicted molar refractivity (Wildman–Crippen MR) is 109 cm³/mol. The molecule has 4 rings (SSSR count). The van der Waals surface area contributed by atoms with Crippen LogP contribution < -0.4 is 14.3 Å². The molecule has 0 radical (unpaired) electrons. The Balaban J connectivity index is 1.75. The van der Waals surface area contributed by atoms with Crippen molar-refractivity contribution in [3.8, 4) is 11.5 Å². The molecule has 29 heavy (non-hydrogen) atoms. The van der Waals surface area contributed by atoms with Gasteiger partial charge in [-0.05, 0) is 36.8 Å². The molecule has 2 aromatic carbocycles. The van der Waals surface area contributed by atoms with Gasteiger partial charge in [-0.15, -0.1) is 0 Å². The average Bonchev–Trinajstić information content (AvgIpc) is 3.07. The van der Waals surface area contributed by atoms with Crippen molar-refractivity contribution >= 4 is 45.0 Å². The molecular weight excluding hydrogens is 416 g/mol. The Bertz CT molecular complexity index is 1180. The number of aromatic nitrogens is 1. The highest BCUT2D eigenvalue weighted by atomic mass is 35.5. The largest absolute Gasteiger partial charge is 0.485 e. The lowest BCUT2D eigenvalue weighted by Gasteiger charge is -2.23. The number of amides is 1. The van der Waals surface area contributed by atoms with E-state index in [9.17, 15) is 9.59 Å². The Morgan fingerprint density at radius 1 is 1.28 bits per heavy atom. The quantitative estimate of drug-likeness (QED) is 0.594. The monoisotopic (exact) mass is 432 g/mol. The van der Waals surface area contributed by atoms with E-state index in [1.54, 1.807) is 28.8 Å². The number of hydrogen-bond donors (Lipinski definition) is 0. The maximum absolute atomic E-state index is 12.8. The number of methoxy groups -OCH3 is 1. The van der Waals surface area contributed by atoms with Crippen LogP contribution in [0.3, 0.4) is 0 Å². The van der Waals surface area contributed by atoms with Gasteiger partial charge in [0.1, 0.15) is 13.2 Å². The summed E-state index contributed by atoms with van der Waals surface area (Å²) in [6.45, 7) is 1.83. The van der Waals surface area contributed by atoms with Crippen LogP contribution in [0.25, 0.3) is 10.2 Å². The normalized spacial score (nSPS) is 16.1. The van der Waals surface area contributed by atoms with E-state index < -0.39 is 18.0 Å². The van der Waals surface area contributed by atoms with Crippen molar-refractivity contribution in [3.63, 3.8) is 0 Å². The number of halogens is 1. The van der Waals surface area contributed by atoms with Gasteiger partial charge in [-0.3, -0.25) is 9.59 Å². The molecule has 1 amide bonds. The van der Waals surface area contributed by atoms with Crippen LogP contribution in [0.4, 0.5) is 0 Å². The third-order valence-electron chi connectivity index (χ3n) is 4.53. The molecule has 7 nitrogen and oxygen atoms in total. The van der Waals surface area contributed by atoms with Gasteiger partial charge in [-0.2, -0.15) is 4.99 Å². The van der Waals surface area contributed by atoms with Crippen LogP contribution in [-0.2, 0) is 20.9 Å². The first-order valence-corrected chi connectivity index (χ1v) is 9.99. The summed E-state index contributed by atoms with van der Waals surface area (Å²) in [6, 6.07) is 10.7. The smallest absolute Gasteiger partial charge is 0.325 e. The summed E-state index contributed by atoms with van der Waals surface area (Å²) in [4.78, 5) is 29.3. The van der Waals surface area contributed by atoms with Crippen LogP contribution in [0.2, 0.25) is 5.02 Å². The fourth-order valence-electron chi connectivity index (χ4n) is 3.05. The topological polar surface area (TPSA) is 79.1 Å². The van der Waals surface area contributed by atoms with Gasteiger partial charge in [0.15, 0.2) is 16.3 Å². The Kier molecular flexibility index (Phi) is 5.29. The molecule has 1 unspecified atom stereocenters. The first kappa shape index (κ1) is 19.5. The molecule has 1 aromatic heterocycles. The van der Waals surface area contributed by atoms with Gasteiger partial charge in [-0.25, -0.2) is 0 Å². The van der Waals surface area contributed by atoms with E-state index in [4.69, 9.17) is 25.8 Å². The first-order chi connectivity index (χ1) is 14.0. The maximum atomic E-state index is 12.8. The predicted octanol–water partition coefficient (Wildman–Crippen LogP) is 3.10. The number of hydrogen-bond acceptors (Lipinski definition) is 6. The molecule has 0 N–H and O–H groups in total. The van der Waals surface area contributed by atoms with Crippen LogP contribution in [0.5, 0.6) is 11.5 Å². The van der Waals surface area contributed by atoms with E-state index in [-0.39, 0.29) is 13.2 Å². The van der Waals surface area contributed by atoms with Crippen LogP contribution in [-0.4, -0.2) is 36.3 Å². The summed E-state index contributed by atoms with van der Waals surface area (Å²) >= 11 is 7.55. The first-order valence-electron chi connectivity index (χ1n) is 8.80. The summed E-state index contributed by atoms with van der Waals surface area (Å²) in [5, 5.41) is 0.562. The zero-order chi connectivity index (χ0) is 20.5. The number of fused-ring (bicyclic) bond motifs is 2. The van der Waals surface area contributed by atoms with E-state index in [2.05, 4.69) is 4.99 Å². The lowest BCUT2D eigenvalue weighted by molar-refractivity contribution is -0.141. The van der Waals surface area contributed by atoms with Crippen molar-refractivity contribution in [3.05, 3.63) is 51.8 Å². The Labute approximate surface area is 175 Å². The average molecular weight is 433 g/mol. The molecule has 0 saturated carbocycles. The van der Waals surface area contributed by atoms with Crippen molar-refractivity contribution in [2.24, 2.45) is 4.99 Å². The molecule has 2 heterocycles. The van der Waals surface area contributed by atoms with Crippen molar-refractivity contribution in [1.82, 2.24) is 4.57 Å². The van der Waals surface area contributed by atoms with Gasteiger partial charge < -0.3 is 18.8 Å². The Morgan fingerprint density at radius 2 is 2.03 bits per heavy atom. The van der Waals surface area contributed by atoms with Crippen LogP contribution in [0, 0.1) is 6.92 Å². The van der Waals surface area contributed by atoms with Gasteiger partial charge in [0, 0.05) is 5.02 Å². The summed E-state index contributed by atoms with van der Waals surface area (Å²) in [7, 11) is 1.31. The van der Waals surface area contributed by atoms with Crippen LogP contribution in [0.1, 0.15) is 5.56 Å². The lowest BCUT2D eigenvalue weighted by Crippen LogP contribution is -2.37. The highest BCUT2D eigenvalue weighted by Crippen LogP contribution is 2.31. The Morgan fingerprint density at radius 3 is 2.79 bits per heavy atom. The number of para-hydroxylation sites is 2. The minimum absolute atomic E-state index is 0.0616. The van der Waals surface area contributed by atoms with Gasteiger partial charge in [-0.1, -0.05) is 35.1 Å². The zero-order valence-electron chi connectivity index (χ0n) is 15.7. The van der Waals surface area contributed by atoms with E-state index >= 15 is 0 Å². The number of carbonyl (C=O) groups is 2. The van der Waals surface area contributed by atoms with Gasteiger partial charge >= 0.3 is 5.97 Å². The molecule has 1 aliphatic rings. The minimum atomic E-state index is -0.869. The summed E-state index contributed by atoms with van der Waals surface area (Å²) in [6.07, 6.45) is -0.869. The highest BCUT2D eigenvalue weighted by molar-refractivity contribution is 7.16. The van der Waals surface area contributed by atoms with Gasteiger partial charge in [0.2, 0.25) is 6.10 Å². The lowest BCUT2D eigenvalue weighted by atomic mass is 10.2. The number of nitrogens with zero attached hydrogens (tertiary/aromatic N) is 2. The van der Waals surface area contributed by atoms with E-state index in [0.717, 1.165) is 15.8 Å². The molecule has 1 atom stereocenters. The number of esters is 1. The van der Waals surface area contributed by atoms with Crippen LogP contribution in [0.15, 0.2) is 41.4 Å². The van der Waals surface area contributed by atoms with Crippen molar-refractivity contribution in [2.75, 3.05) is 13.7 Å². The molecule has 0 aliphatic carbocycles. The summed E-state index contributed by atoms with van der Waals surface area (Å²) in [5.74, 6) is 0.135. The number of carbonyl (C=O) groups excluding carboxylic acids is 2. The van der Waals surface area contributed by atoms with E-state index in [0.29, 0.717) is 21.3 Å². The highest BCUT2D eigenvalue weighted by Gasteiger charge is 2.27. The number of rotatable bonds is 3. The minimum Gasteiger partial charge on any atom is -0.485 e. The van der Waals surface area contributed by atoms with E-state index in [1.807, 2.05) is 19.1 Å². The molecule has 0 spiro atoms. The molecule has 3 aromatic rings. The summed E-state index contributed by atoms with van der Waals surface area (Å²) < 4.78 is 18.6. The number of benzene rings is 2. The fraction of sp³-hybridized carbons (Fsp3) is 0.250. The molecule has 0 saturated heterocycles. The molecule has 9 heteroatoms. The SMILES string of the molecule is COC(=O)Cn1c(=NC(=O)C2COc3ccccc3O2)sc2ccc(Cl)c(C)c21. The standard InChI is InChI=1S/C20H17ClN2O5S/c1-11-12(21)7-8-16-18(11)23(9-17(24)26-2)20(29-16)22-19(25)15-10-27-13-5-3-4-6-14(13)28-15/h3-8,15H,9-10H2,1-2H3. The summed E-state index contributed by atoms with van der Waals surface area (Å²) in [5.41, 5.74) is 1.54. The fourth-order valence-corrected chi connectivity index (χ4v) is 4.30. The second-order valence-electron chi connectivity index (χ2n) is 6.38. The second-order valence-corrected chi connectivity index (χ2v) is 7.80. The number of ether oxygens (including phenoxy) is 3. The van der Waals surface area contributed by atoms with Crippen molar-refractivity contribution in [1.29, 1.82) is 0 Å². The number of thiazole rings is 1. The molecular formula is C20H17ClN2O5S. The Hall–Kier alpha value is -2.84. The maximum Gasteiger partial charge on any atom is 0.325 e. The third kappa shape index (κ3) is 3.73. The van der Waals surface area contributed by atoms with E-state index in [1.165, 1.54) is 18.4 Å². The third-order valence-corrected chi connectivity index (χ3v) is 5.99.